The monoisotopic (exact) mass is 593 g/mol. The summed E-state index contributed by atoms with van der Waals surface area (Å²) < 4.78 is 50.2. The minimum atomic E-state index is -4.84. The maximum atomic E-state index is 13.1. The number of hydrogen-bond acceptors (Lipinski definition) is 15. The van der Waals surface area contributed by atoms with E-state index in [4.69, 9.17) is 39.5 Å². The summed E-state index contributed by atoms with van der Waals surface area (Å²) in [5.41, 5.74) is 11.5. The molecule has 4 aromatic heterocycles. The number of nitrogens with zero attached hydrogens (tertiary/aromatic N) is 6. The number of aromatic amines is 1. The molecule has 0 radical (unpaired) electrons. The minimum Gasteiger partial charge on any atom is -0.385 e. The molecule has 3 fully saturated rings. The third-order valence-corrected chi connectivity index (χ3v) is 8.08. The van der Waals surface area contributed by atoms with Crippen LogP contribution < -0.4 is 17.0 Å². The van der Waals surface area contributed by atoms with Crippen LogP contribution in [0.25, 0.3) is 22.2 Å². The summed E-state index contributed by atoms with van der Waals surface area (Å²) in [6.07, 6.45) is -3.24. The molecule has 8 atom stereocenters. The van der Waals surface area contributed by atoms with Crippen LogP contribution >= 0.6 is 7.82 Å². The number of aromatic nitrogens is 7. The second kappa shape index (κ2) is 9.79. The lowest BCUT2D eigenvalue weighted by Gasteiger charge is -2.26. The Morgan fingerprint density at radius 1 is 1.10 bits per heavy atom. The molecular weight excluding hydrogens is 569 g/mol. The highest BCUT2D eigenvalue weighted by Crippen LogP contribution is 2.50. The number of aliphatic hydroxyl groups is 1. The van der Waals surface area contributed by atoms with Crippen LogP contribution in [0.5, 0.6) is 0 Å². The molecular formula is C21H24N9O10P. The summed E-state index contributed by atoms with van der Waals surface area (Å²) in [4.78, 5) is 41.5. The Morgan fingerprint density at radius 2 is 1.95 bits per heavy atom. The van der Waals surface area contributed by atoms with Crippen LogP contribution in [-0.2, 0) is 32.6 Å². The number of H-pyrrole nitrogens is 1. The number of phosphoric ester groups is 1. The molecule has 0 amide bonds. The molecule has 7 rings (SSSR count). The van der Waals surface area contributed by atoms with Gasteiger partial charge in [-0.2, -0.15) is 4.98 Å². The topological polar surface area (TPSA) is 259 Å². The highest BCUT2D eigenvalue weighted by atomic mass is 31.2. The van der Waals surface area contributed by atoms with E-state index in [2.05, 4.69) is 24.9 Å². The molecule has 0 aliphatic carbocycles. The summed E-state index contributed by atoms with van der Waals surface area (Å²) in [6, 6.07) is 1.75. The van der Waals surface area contributed by atoms with Gasteiger partial charge in [-0.1, -0.05) is 0 Å². The lowest BCUT2D eigenvalue weighted by atomic mass is 10.2. The van der Waals surface area contributed by atoms with Gasteiger partial charge in [-0.05, 0) is 6.07 Å². The van der Waals surface area contributed by atoms with E-state index < -0.39 is 63.2 Å². The van der Waals surface area contributed by atoms with Crippen molar-refractivity contribution in [1.82, 2.24) is 34.1 Å². The number of phosphoric acid groups is 1. The molecule has 3 aliphatic rings. The van der Waals surface area contributed by atoms with Crippen molar-refractivity contribution in [3.63, 3.8) is 0 Å². The Hall–Kier alpha value is -3.52. The quantitative estimate of drug-likeness (QED) is 0.176. The van der Waals surface area contributed by atoms with Gasteiger partial charge in [0, 0.05) is 12.6 Å². The summed E-state index contributed by atoms with van der Waals surface area (Å²) >= 11 is 0. The summed E-state index contributed by atoms with van der Waals surface area (Å²) in [5, 5.41) is 11.6. The highest BCUT2D eigenvalue weighted by molar-refractivity contribution is 7.47. The molecule has 4 aromatic rings. The molecule has 0 spiro atoms. The van der Waals surface area contributed by atoms with E-state index in [0.29, 0.717) is 23.3 Å². The van der Waals surface area contributed by atoms with Gasteiger partial charge in [0.05, 0.1) is 24.4 Å². The van der Waals surface area contributed by atoms with Crippen LogP contribution in [-0.4, -0.2) is 88.2 Å². The average Bonchev–Trinajstić information content (AvgIpc) is 3.69. The van der Waals surface area contributed by atoms with E-state index in [1.165, 1.54) is 17.2 Å². The Bertz CT molecular complexity index is 1730. The predicted octanol–water partition coefficient (Wildman–Crippen LogP) is -0.893. The van der Waals surface area contributed by atoms with Crippen LogP contribution in [0.4, 0.5) is 11.8 Å². The van der Waals surface area contributed by atoms with Gasteiger partial charge in [0.15, 0.2) is 30.5 Å². The molecule has 19 nitrogen and oxygen atoms in total. The molecule has 3 saturated heterocycles. The number of nitrogens with two attached hydrogens (primary N) is 2. The molecule has 0 aromatic carbocycles. The lowest BCUT2D eigenvalue weighted by Crippen LogP contribution is -2.37. The van der Waals surface area contributed by atoms with Gasteiger partial charge in [-0.3, -0.25) is 23.4 Å². The van der Waals surface area contributed by atoms with E-state index in [1.54, 1.807) is 16.8 Å². The third-order valence-electron chi connectivity index (χ3n) is 7.10. The van der Waals surface area contributed by atoms with E-state index in [1.807, 2.05) is 0 Å². The number of rotatable bonds is 2. The molecule has 3 aliphatic heterocycles. The smallest absolute Gasteiger partial charge is 0.385 e. The molecule has 7 heterocycles. The van der Waals surface area contributed by atoms with E-state index >= 15 is 0 Å². The van der Waals surface area contributed by atoms with Gasteiger partial charge >= 0.3 is 7.82 Å². The van der Waals surface area contributed by atoms with Crippen molar-refractivity contribution in [2.45, 2.75) is 49.6 Å². The number of anilines is 2. The maximum Gasteiger partial charge on any atom is 0.472 e. The number of nitrogens with one attached hydrogen (secondary N) is 1. The molecule has 20 heteroatoms. The van der Waals surface area contributed by atoms with Gasteiger partial charge in [-0.25, -0.2) is 19.5 Å². The van der Waals surface area contributed by atoms with E-state index in [-0.39, 0.29) is 23.9 Å². The minimum absolute atomic E-state index is 0.00880. The van der Waals surface area contributed by atoms with Gasteiger partial charge < -0.3 is 45.0 Å². The number of hydrogen-bond donors (Lipinski definition) is 5. The number of fused-ring (bicyclic) bond motifs is 5. The number of aliphatic hydroxyl groups excluding tert-OH is 1. The van der Waals surface area contributed by atoms with E-state index in [0.717, 1.165) is 0 Å². The highest BCUT2D eigenvalue weighted by Gasteiger charge is 2.51. The number of imidazole rings is 1. The predicted molar refractivity (Wildman–Crippen MR) is 134 cm³/mol. The molecule has 218 valence electrons. The Labute approximate surface area is 228 Å². The average molecular weight is 593 g/mol. The van der Waals surface area contributed by atoms with Gasteiger partial charge in [-0.15, -0.1) is 0 Å². The fraction of sp³-hybridized carbons (Fsp3) is 0.476. The first kappa shape index (κ1) is 26.4. The standard InChI is InChI=1S/C21H24N9O10P/c22-15-8-1-2-29(16(8)25-5-24-15)11-3-9-10(38-11)4-37-41(33,34)40-14-13(31)20(36-7-35-9)39-19(14)30-6-26-12-17(30)27-21(23)28-18(12)32/h1-2,5-6,9-11,13-14,19-20,31H,3-4,7H2,(H,33,34)(H2,22,24,25)(H3,23,27,28,32)/t9-,10?,11-,13?,14?,19?,20?/m1/s1. The van der Waals surface area contributed by atoms with Crippen molar-refractivity contribution in [3.05, 3.63) is 35.3 Å². The van der Waals surface area contributed by atoms with Crippen LogP contribution in [0.1, 0.15) is 18.9 Å². The summed E-state index contributed by atoms with van der Waals surface area (Å²) in [7, 11) is -4.84. The SMILES string of the molecule is Nc1nc2c(ncn2C2OC3OCO[C@@H]4C[C@H](n5ccc6c(N)ncnc65)OC4COP(=O)(O)OC2C3O)c(=O)[nH]1. The Balaban J connectivity index is 1.15. The van der Waals surface area contributed by atoms with Crippen LogP contribution in [0, 0.1) is 0 Å². The maximum absolute atomic E-state index is 13.1. The second-order valence-electron chi connectivity index (χ2n) is 9.57. The molecule has 2 bridgehead atoms. The zero-order valence-corrected chi connectivity index (χ0v) is 21.8. The first-order chi connectivity index (χ1) is 19.7. The fourth-order valence-corrected chi connectivity index (χ4v) is 6.12. The van der Waals surface area contributed by atoms with Crippen molar-refractivity contribution in [2.24, 2.45) is 0 Å². The molecule has 7 N–H and O–H groups in total. The first-order valence-corrected chi connectivity index (χ1v) is 13.9. The Kier molecular flexibility index (Phi) is 6.30. The summed E-state index contributed by atoms with van der Waals surface area (Å²) in [6.45, 7) is -0.739. The summed E-state index contributed by atoms with van der Waals surface area (Å²) in [5.74, 6) is 0.114. The third kappa shape index (κ3) is 4.56. The van der Waals surface area contributed by atoms with Gasteiger partial charge in [0.25, 0.3) is 5.56 Å². The normalized spacial score (nSPS) is 34.4. The Morgan fingerprint density at radius 3 is 2.80 bits per heavy atom. The molecule has 41 heavy (non-hydrogen) atoms. The van der Waals surface area contributed by atoms with E-state index in [9.17, 15) is 19.4 Å². The van der Waals surface area contributed by atoms with Crippen molar-refractivity contribution >= 4 is 41.8 Å². The van der Waals surface area contributed by atoms with Crippen LogP contribution in [0.3, 0.4) is 0 Å². The van der Waals surface area contributed by atoms with Crippen LogP contribution in [0.2, 0.25) is 0 Å². The van der Waals surface area contributed by atoms with Crippen molar-refractivity contribution < 1.29 is 42.6 Å². The van der Waals surface area contributed by atoms with Gasteiger partial charge in [0.1, 0.15) is 42.3 Å². The molecule has 6 unspecified atom stereocenters. The van der Waals surface area contributed by atoms with Gasteiger partial charge in [0.2, 0.25) is 5.95 Å². The number of nitrogen functional groups attached to an aromatic ring is 2. The van der Waals surface area contributed by atoms with Crippen LogP contribution in [0.15, 0.2) is 29.7 Å². The second-order valence-corrected chi connectivity index (χ2v) is 11.0. The largest absolute Gasteiger partial charge is 0.472 e. The fourth-order valence-electron chi connectivity index (χ4n) is 5.19. The van der Waals surface area contributed by atoms with Crippen molar-refractivity contribution in [2.75, 3.05) is 24.9 Å². The lowest BCUT2D eigenvalue weighted by molar-refractivity contribution is -0.230. The van der Waals surface area contributed by atoms with Crippen molar-refractivity contribution in [1.29, 1.82) is 0 Å². The number of ether oxygens (including phenoxy) is 4. The van der Waals surface area contributed by atoms with Crippen molar-refractivity contribution in [3.8, 4) is 0 Å². The zero-order chi connectivity index (χ0) is 28.5. The first-order valence-electron chi connectivity index (χ1n) is 12.4. The zero-order valence-electron chi connectivity index (χ0n) is 20.9. The molecule has 0 saturated carbocycles.